The Bertz CT molecular complexity index is 664. The van der Waals surface area contributed by atoms with Gasteiger partial charge in [-0.3, -0.25) is 10.0 Å². The van der Waals surface area contributed by atoms with E-state index in [1.807, 2.05) is 0 Å². The van der Waals surface area contributed by atoms with Crippen molar-refractivity contribution in [3.05, 3.63) is 79.6 Å². The van der Waals surface area contributed by atoms with E-state index in [1.165, 1.54) is 87.3 Å². The quantitative estimate of drug-likeness (QED) is 0.316. The molecule has 6 radical (unpaired) electrons. The predicted molar refractivity (Wildman–Crippen MR) is 148 cm³/mol. The molecule has 210 valence electrons. The van der Waals surface area contributed by atoms with Crippen molar-refractivity contribution in [2.45, 2.75) is 91.9 Å². The van der Waals surface area contributed by atoms with Gasteiger partial charge in [0.1, 0.15) is 0 Å². The van der Waals surface area contributed by atoms with Crippen molar-refractivity contribution in [3.8, 4) is 0 Å². The molecule has 37 heavy (non-hydrogen) atoms. The number of hydrogen-bond acceptors (Lipinski definition) is 3. The first-order valence-electron chi connectivity index (χ1n) is 13.6. The van der Waals surface area contributed by atoms with Crippen LogP contribution < -0.4 is 30.3 Å². The molecule has 1 aromatic rings. The van der Waals surface area contributed by atoms with E-state index in [1.54, 1.807) is 0 Å². The molecule has 0 amide bonds. The Morgan fingerprint density at radius 1 is 0.757 bits per heavy atom. The van der Waals surface area contributed by atoms with Crippen molar-refractivity contribution in [3.63, 3.8) is 0 Å². The van der Waals surface area contributed by atoms with Gasteiger partial charge in [0.15, 0.2) is 0 Å². The first kappa shape index (κ1) is 38.9. The van der Waals surface area contributed by atoms with Crippen LogP contribution in [-0.4, -0.2) is 23.6 Å². The molecule has 6 heteroatoms. The monoisotopic (exact) mass is 725 g/mol. The van der Waals surface area contributed by atoms with Crippen LogP contribution >= 0.6 is 0 Å². The van der Waals surface area contributed by atoms with Crippen LogP contribution in [0.4, 0.5) is 0 Å². The van der Waals surface area contributed by atoms with Gasteiger partial charge >= 0.3 is 19.8 Å². The van der Waals surface area contributed by atoms with Crippen LogP contribution in [0.3, 0.4) is 0 Å². The van der Waals surface area contributed by atoms with E-state index >= 15 is 0 Å². The van der Waals surface area contributed by atoms with Gasteiger partial charge in [-0.1, -0.05) is 116 Å². The molecule has 0 aromatic heterocycles. The van der Waals surface area contributed by atoms with Gasteiger partial charge < -0.3 is 24.8 Å². The Balaban J connectivity index is 0. The van der Waals surface area contributed by atoms with E-state index in [9.17, 15) is 0 Å². The van der Waals surface area contributed by atoms with Crippen LogP contribution in [0.5, 0.6) is 0 Å². The van der Waals surface area contributed by atoms with E-state index in [2.05, 4.69) is 113 Å². The maximum atomic E-state index is 3.41. The zero-order valence-corrected chi connectivity index (χ0v) is 27.7. The Kier molecular flexibility index (Phi) is 24.8. The summed E-state index contributed by atoms with van der Waals surface area (Å²) in [6.45, 7) is 9.90. The number of hydrogen-bond donors (Lipinski definition) is 1. The second-order valence-corrected chi connectivity index (χ2v) is 9.98. The summed E-state index contributed by atoms with van der Waals surface area (Å²) in [5.74, 6) is 3.41. The zero-order valence-electron chi connectivity index (χ0n) is 23.6. The molecule has 0 unspecified atom stereocenters. The summed E-state index contributed by atoms with van der Waals surface area (Å²) in [4.78, 5) is 0. The third-order valence-electron chi connectivity index (χ3n) is 6.48. The average Bonchev–Trinajstić information content (AvgIpc) is 3.22. The van der Waals surface area contributed by atoms with Crippen molar-refractivity contribution in [1.82, 2.24) is 15.6 Å². The molecule has 1 fully saturated rings. The van der Waals surface area contributed by atoms with Gasteiger partial charge in [-0.15, -0.1) is 5.53 Å². The molecule has 1 aliphatic carbocycles. The molecule has 3 rings (SSSR count). The van der Waals surface area contributed by atoms with Crippen LogP contribution in [0, 0.1) is 43.4 Å². The van der Waals surface area contributed by atoms with Crippen LogP contribution in [0.15, 0.2) is 36.5 Å². The molecular weight excluding hydrogens is 675 g/mol. The minimum Gasteiger partial charge on any atom is -1.00 e. The van der Waals surface area contributed by atoms with Crippen molar-refractivity contribution in [2.24, 2.45) is 5.92 Å². The average molecular weight is 725 g/mol. The molecule has 2 aliphatic rings. The first-order chi connectivity index (χ1) is 16.5. The Labute approximate surface area is 255 Å². The molecule has 0 bridgehead atoms. The van der Waals surface area contributed by atoms with E-state index in [-0.39, 0.29) is 44.6 Å². The summed E-state index contributed by atoms with van der Waals surface area (Å²) in [6.07, 6.45) is 24.8. The molecule has 1 saturated carbocycles. The van der Waals surface area contributed by atoms with Crippen molar-refractivity contribution in [1.29, 1.82) is 0 Å². The maximum Gasteiger partial charge on any atom is 2.00 e. The fourth-order valence-electron chi connectivity index (χ4n) is 4.22. The number of hydrazine groups is 2. The fraction of sp³-hybridized carbons (Fsp3) is 0.548. The Morgan fingerprint density at radius 2 is 1.27 bits per heavy atom. The number of halogens is 2. The van der Waals surface area contributed by atoms with Crippen LogP contribution in [0.1, 0.15) is 97.5 Å². The summed E-state index contributed by atoms with van der Waals surface area (Å²) in [5.41, 5.74) is 5.91. The second-order valence-electron chi connectivity index (χ2n) is 9.98. The molecule has 3 nitrogen and oxygen atoms in total. The zero-order chi connectivity index (χ0) is 24.6. The van der Waals surface area contributed by atoms with E-state index in [0.717, 1.165) is 6.54 Å². The summed E-state index contributed by atoms with van der Waals surface area (Å²) >= 11 is 0. The summed E-state index contributed by atoms with van der Waals surface area (Å²) in [6, 6.07) is 10.6. The summed E-state index contributed by atoms with van der Waals surface area (Å²) < 4.78 is 0. The number of benzene rings is 1. The van der Waals surface area contributed by atoms with E-state index < -0.39 is 0 Å². The van der Waals surface area contributed by atoms with Crippen LogP contribution in [0.25, 0.3) is 5.70 Å². The molecular formula is C31H49Cl2N3Os. The molecule has 0 atom stereocenters. The third kappa shape index (κ3) is 16.4. The van der Waals surface area contributed by atoms with Crippen molar-refractivity contribution in [2.75, 3.05) is 13.6 Å². The molecule has 1 aliphatic heterocycles. The Morgan fingerprint density at radius 3 is 1.78 bits per heavy atom. The number of rotatable bonds is 13. The normalized spacial score (nSPS) is 15.8. The molecule has 0 saturated heterocycles. The van der Waals surface area contributed by atoms with Gasteiger partial charge in [0, 0.05) is 25.4 Å². The van der Waals surface area contributed by atoms with Crippen molar-refractivity contribution < 1.29 is 44.6 Å². The first-order valence-corrected chi connectivity index (χ1v) is 13.6. The summed E-state index contributed by atoms with van der Waals surface area (Å²) in [7, 11) is 2.08. The largest absolute Gasteiger partial charge is 2.00 e. The molecule has 1 heterocycles. The topological polar surface area (TPSA) is 18.5 Å². The second kappa shape index (κ2) is 23.6. The SMILES string of the molecule is CCCCCCCCCCCCN1C=C(c2ccccc2)N(C)N1.C[C]1[CH][CH][C](C(C)C)[CH][CH]1.[Cl-].[Cl-].[Os+2]. The summed E-state index contributed by atoms with van der Waals surface area (Å²) in [5, 5.41) is 4.32. The van der Waals surface area contributed by atoms with E-state index in [4.69, 9.17) is 0 Å². The van der Waals surface area contributed by atoms with E-state index in [0.29, 0.717) is 5.92 Å². The maximum absolute atomic E-state index is 3.41. The molecule has 1 aromatic carbocycles. The molecule has 0 spiro atoms. The third-order valence-corrected chi connectivity index (χ3v) is 6.48. The van der Waals surface area contributed by atoms with Gasteiger partial charge in [-0.25, -0.2) is 0 Å². The number of nitrogens with one attached hydrogen (secondary N) is 1. The van der Waals surface area contributed by atoms with Gasteiger partial charge in [0.2, 0.25) is 0 Å². The van der Waals surface area contributed by atoms with Crippen LogP contribution in [0.2, 0.25) is 0 Å². The molecule has 1 N–H and O–H groups in total. The Hall–Kier alpha value is -0.264. The minimum atomic E-state index is 0. The van der Waals surface area contributed by atoms with Crippen molar-refractivity contribution >= 4 is 5.70 Å². The standard InChI is InChI=1S/C21H35N3.C10H14.2ClH.Os/c1-3-4-5-6-7-8-9-10-11-15-18-24-19-21(23(2)22-24)20-16-13-12-14-17-20;1-8(2)10-6-4-9(3)5-7-10;;;/h12-14,16-17,19,22H,3-11,15,18H2,1-2H3;4-8H,1-3H3;2*1H;/q;;;;+2/p-2. The van der Waals surface area contributed by atoms with Gasteiger partial charge in [0.25, 0.3) is 0 Å². The minimum absolute atomic E-state index is 0. The fourth-order valence-corrected chi connectivity index (χ4v) is 4.22. The number of unbranched alkanes of at least 4 members (excludes halogenated alkanes) is 9. The van der Waals surface area contributed by atoms with Crippen LogP contribution in [-0.2, 0) is 19.8 Å². The van der Waals surface area contributed by atoms with Gasteiger partial charge in [-0.2, -0.15) is 0 Å². The predicted octanol–water partition coefficient (Wildman–Crippen LogP) is 2.22. The van der Waals surface area contributed by atoms with Gasteiger partial charge in [0.05, 0.1) is 5.70 Å². The van der Waals surface area contributed by atoms with Gasteiger partial charge in [-0.05, 0) is 49.9 Å². The number of nitrogens with zero attached hydrogens (tertiary/aromatic N) is 2. The smallest absolute Gasteiger partial charge is 1.00 e.